The van der Waals surface area contributed by atoms with Crippen molar-refractivity contribution >= 4 is 40.0 Å². The maximum atomic E-state index is 12.2. The van der Waals surface area contributed by atoms with E-state index in [0.29, 0.717) is 6.54 Å². The summed E-state index contributed by atoms with van der Waals surface area (Å²) < 4.78 is 37.8. The Bertz CT molecular complexity index is 697. The lowest BCUT2D eigenvalue weighted by Crippen LogP contribution is -2.48. The predicted octanol–water partition coefficient (Wildman–Crippen LogP) is 1.07. The highest BCUT2D eigenvalue weighted by atomic mass is 127. The largest absolute Gasteiger partial charge is 0.385 e. The molecule has 1 aromatic heterocycles. The van der Waals surface area contributed by atoms with Gasteiger partial charge in [-0.15, -0.1) is 24.0 Å². The zero-order valence-electron chi connectivity index (χ0n) is 17.0. The number of guanidine groups is 1. The van der Waals surface area contributed by atoms with Gasteiger partial charge in [0.15, 0.2) is 5.96 Å². The fourth-order valence-corrected chi connectivity index (χ4v) is 3.96. The number of aromatic nitrogens is 1. The summed E-state index contributed by atoms with van der Waals surface area (Å²) >= 11 is 0. The van der Waals surface area contributed by atoms with Gasteiger partial charge in [-0.1, -0.05) is 0 Å². The molecule has 0 saturated carbocycles. The lowest BCUT2D eigenvalue weighted by atomic mass is 10.1. The van der Waals surface area contributed by atoms with Gasteiger partial charge in [-0.25, -0.2) is 13.1 Å². The van der Waals surface area contributed by atoms with Crippen LogP contribution in [-0.4, -0.2) is 83.9 Å². The van der Waals surface area contributed by atoms with E-state index in [1.165, 1.54) is 12.3 Å². The minimum absolute atomic E-state index is 0. The highest BCUT2D eigenvalue weighted by Gasteiger charge is 2.22. The molecule has 0 unspecified atom stereocenters. The van der Waals surface area contributed by atoms with Crippen molar-refractivity contribution < 1.29 is 17.9 Å². The van der Waals surface area contributed by atoms with Crippen LogP contribution in [0.1, 0.15) is 19.3 Å². The molecule has 1 aromatic rings. The molecule has 1 saturated heterocycles. The number of sulfonamides is 1. The molecule has 1 aliphatic rings. The van der Waals surface area contributed by atoms with Crippen molar-refractivity contribution in [3.8, 4) is 0 Å². The third-order valence-corrected chi connectivity index (χ3v) is 5.89. The van der Waals surface area contributed by atoms with Crippen LogP contribution in [0.5, 0.6) is 0 Å². The number of aliphatic imine (C=N–C) groups is 1. The van der Waals surface area contributed by atoms with Crippen molar-refractivity contribution in [1.82, 2.24) is 19.9 Å². The quantitative estimate of drug-likeness (QED) is 0.198. The first kappa shape index (κ1) is 26.0. The number of piperidine rings is 1. The Morgan fingerprint density at radius 1 is 1.31 bits per heavy atom. The average molecular weight is 541 g/mol. The van der Waals surface area contributed by atoms with E-state index in [0.717, 1.165) is 51.5 Å². The lowest BCUT2D eigenvalue weighted by molar-refractivity contribution is 0.00992. The zero-order valence-corrected chi connectivity index (χ0v) is 20.2. The van der Waals surface area contributed by atoms with Gasteiger partial charge in [-0.3, -0.25) is 9.98 Å². The smallest absolute Gasteiger partial charge is 0.242 e. The SMILES string of the molecule is CN=C(NCCNS(=O)(=O)c1cccnc1)N1CCC(OCCCOC)CC1.I. The first-order chi connectivity index (χ1) is 13.6. The number of rotatable bonds is 10. The van der Waals surface area contributed by atoms with Crippen LogP contribution in [0.25, 0.3) is 0 Å². The lowest BCUT2D eigenvalue weighted by Gasteiger charge is -2.34. The van der Waals surface area contributed by atoms with Gasteiger partial charge in [0, 0.05) is 65.9 Å². The monoisotopic (exact) mass is 541 g/mol. The second-order valence-electron chi connectivity index (χ2n) is 6.46. The van der Waals surface area contributed by atoms with Crippen molar-refractivity contribution in [2.75, 3.05) is 53.6 Å². The minimum atomic E-state index is -3.54. The third-order valence-electron chi connectivity index (χ3n) is 4.44. The van der Waals surface area contributed by atoms with E-state index in [-0.39, 0.29) is 41.5 Å². The van der Waals surface area contributed by atoms with Gasteiger partial charge in [0.2, 0.25) is 10.0 Å². The van der Waals surface area contributed by atoms with E-state index in [1.54, 1.807) is 26.4 Å². The summed E-state index contributed by atoms with van der Waals surface area (Å²) in [5.74, 6) is 0.776. The molecule has 0 spiro atoms. The summed E-state index contributed by atoms with van der Waals surface area (Å²) in [4.78, 5) is 10.5. The molecule has 0 amide bonds. The van der Waals surface area contributed by atoms with Gasteiger partial charge in [0.1, 0.15) is 4.90 Å². The molecular formula is C18H32IN5O4S. The number of likely N-dealkylation sites (tertiary alicyclic amines) is 1. The summed E-state index contributed by atoms with van der Waals surface area (Å²) in [6.45, 7) is 3.86. The van der Waals surface area contributed by atoms with Gasteiger partial charge >= 0.3 is 0 Å². The maximum Gasteiger partial charge on any atom is 0.242 e. The van der Waals surface area contributed by atoms with Gasteiger partial charge < -0.3 is 19.7 Å². The summed E-state index contributed by atoms with van der Waals surface area (Å²) in [5, 5.41) is 3.21. The van der Waals surface area contributed by atoms with Crippen molar-refractivity contribution in [1.29, 1.82) is 0 Å². The number of halogens is 1. The number of ether oxygens (including phenoxy) is 2. The summed E-state index contributed by atoms with van der Waals surface area (Å²) in [6, 6.07) is 3.11. The molecule has 0 aromatic carbocycles. The average Bonchev–Trinajstić information content (AvgIpc) is 2.72. The molecule has 166 valence electrons. The molecular weight excluding hydrogens is 509 g/mol. The van der Waals surface area contributed by atoms with Crippen LogP contribution < -0.4 is 10.0 Å². The Morgan fingerprint density at radius 3 is 2.69 bits per heavy atom. The van der Waals surface area contributed by atoms with Gasteiger partial charge in [-0.2, -0.15) is 0 Å². The van der Waals surface area contributed by atoms with Crippen LogP contribution in [-0.2, 0) is 19.5 Å². The number of nitrogens with zero attached hydrogens (tertiary/aromatic N) is 3. The zero-order chi connectivity index (χ0) is 20.2. The molecule has 2 rings (SSSR count). The van der Waals surface area contributed by atoms with E-state index in [2.05, 4.69) is 24.9 Å². The van der Waals surface area contributed by atoms with Gasteiger partial charge in [0.05, 0.1) is 6.10 Å². The molecule has 9 nitrogen and oxygen atoms in total. The Kier molecular flexibility index (Phi) is 12.6. The highest BCUT2D eigenvalue weighted by molar-refractivity contribution is 14.0. The molecule has 2 N–H and O–H groups in total. The van der Waals surface area contributed by atoms with Crippen LogP contribution in [0.15, 0.2) is 34.4 Å². The molecule has 0 bridgehead atoms. The van der Waals surface area contributed by atoms with Crippen molar-refractivity contribution in [3.05, 3.63) is 24.5 Å². The number of hydrogen-bond donors (Lipinski definition) is 2. The van der Waals surface area contributed by atoms with Gasteiger partial charge in [0.25, 0.3) is 0 Å². The Morgan fingerprint density at radius 2 is 2.07 bits per heavy atom. The van der Waals surface area contributed by atoms with Crippen molar-refractivity contribution in [3.63, 3.8) is 0 Å². The standard InChI is InChI=1S/C18H31N5O4S.HI/c1-19-18(23-11-6-16(7-12-23)27-14-4-13-26-2)21-9-10-22-28(24,25)17-5-3-8-20-15-17;/h3,5,8,15-16,22H,4,6-7,9-14H2,1-2H3,(H,19,21);1H. The molecule has 11 heteroatoms. The van der Waals surface area contributed by atoms with Crippen LogP contribution in [0.3, 0.4) is 0 Å². The fourth-order valence-electron chi connectivity index (χ4n) is 2.97. The first-order valence-electron chi connectivity index (χ1n) is 9.52. The fraction of sp³-hybridized carbons (Fsp3) is 0.667. The molecule has 0 aliphatic carbocycles. The molecule has 2 heterocycles. The Labute approximate surface area is 190 Å². The van der Waals surface area contributed by atoms with Crippen molar-refractivity contribution in [2.24, 2.45) is 4.99 Å². The van der Waals surface area contributed by atoms with Crippen LogP contribution >= 0.6 is 24.0 Å². The van der Waals surface area contributed by atoms with Crippen LogP contribution in [0, 0.1) is 0 Å². The second-order valence-corrected chi connectivity index (χ2v) is 8.23. The molecule has 0 atom stereocenters. The van der Waals surface area contributed by atoms with Crippen LogP contribution in [0.4, 0.5) is 0 Å². The molecule has 0 radical (unpaired) electrons. The summed E-state index contributed by atoms with van der Waals surface area (Å²) in [6.07, 6.45) is 5.95. The van der Waals surface area contributed by atoms with E-state index in [1.807, 2.05) is 0 Å². The van der Waals surface area contributed by atoms with E-state index < -0.39 is 10.0 Å². The Balaban J connectivity index is 0.00000420. The van der Waals surface area contributed by atoms with Gasteiger partial charge in [-0.05, 0) is 31.4 Å². The number of nitrogens with one attached hydrogen (secondary N) is 2. The second kappa shape index (κ2) is 14.1. The summed E-state index contributed by atoms with van der Waals surface area (Å²) in [7, 11) is -0.115. The van der Waals surface area contributed by atoms with E-state index in [4.69, 9.17) is 9.47 Å². The highest BCUT2D eigenvalue weighted by Crippen LogP contribution is 2.14. The number of hydrogen-bond acceptors (Lipinski definition) is 6. The number of methoxy groups -OCH3 is 1. The van der Waals surface area contributed by atoms with E-state index >= 15 is 0 Å². The Hall–Kier alpha value is -1.02. The van der Waals surface area contributed by atoms with E-state index in [9.17, 15) is 8.42 Å². The summed E-state index contributed by atoms with van der Waals surface area (Å²) in [5.41, 5.74) is 0. The van der Waals surface area contributed by atoms with Crippen LogP contribution in [0.2, 0.25) is 0 Å². The minimum Gasteiger partial charge on any atom is -0.385 e. The van der Waals surface area contributed by atoms with Crippen molar-refractivity contribution in [2.45, 2.75) is 30.3 Å². The topological polar surface area (TPSA) is 105 Å². The molecule has 1 fully saturated rings. The number of pyridine rings is 1. The molecule has 1 aliphatic heterocycles. The third kappa shape index (κ3) is 9.11. The normalized spacial score (nSPS) is 15.8. The predicted molar refractivity (Wildman–Crippen MR) is 123 cm³/mol. The first-order valence-corrected chi connectivity index (χ1v) is 11.0. The maximum absolute atomic E-state index is 12.2. The molecule has 29 heavy (non-hydrogen) atoms.